The van der Waals surface area contributed by atoms with E-state index in [1.165, 1.54) is 18.3 Å². The Labute approximate surface area is 234 Å². The molecule has 0 unspecified atom stereocenters. The van der Waals surface area contributed by atoms with Gasteiger partial charge in [0.25, 0.3) is 11.1 Å². The van der Waals surface area contributed by atoms with Crippen LogP contribution >= 0.6 is 0 Å². The number of rotatable bonds is 10. The van der Waals surface area contributed by atoms with E-state index >= 15 is 0 Å². The van der Waals surface area contributed by atoms with E-state index < -0.39 is 65.4 Å². The first kappa shape index (κ1) is 31.5. The highest BCUT2D eigenvalue weighted by molar-refractivity contribution is 5.86. The van der Waals surface area contributed by atoms with Gasteiger partial charge in [-0.3, -0.25) is 9.59 Å². The molecule has 4 rings (SSSR count). The van der Waals surface area contributed by atoms with Gasteiger partial charge in [-0.25, -0.2) is 19.5 Å². The van der Waals surface area contributed by atoms with Gasteiger partial charge in [0.05, 0.1) is 35.0 Å². The van der Waals surface area contributed by atoms with Crippen LogP contribution in [0.25, 0.3) is 22.2 Å². The van der Waals surface area contributed by atoms with Crippen molar-refractivity contribution in [1.82, 2.24) is 24.7 Å². The van der Waals surface area contributed by atoms with Crippen molar-refractivity contribution in [2.24, 2.45) is 0 Å². The molecular formula is C25H19F9N6O3. The van der Waals surface area contributed by atoms with Crippen LogP contribution in [0, 0.1) is 5.82 Å². The summed E-state index contributed by atoms with van der Waals surface area (Å²) in [4.78, 5) is 31.8. The molecular weight excluding hydrogens is 603 g/mol. The Morgan fingerprint density at radius 2 is 1.70 bits per heavy atom. The van der Waals surface area contributed by atoms with E-state index in [-0.39, 0.29) is 41.5 Å². The van der Waals surface area contributed by atoms with Crippen molar-refractivity contribution in [2.45, 2.75) is 44.4 Å². The highest BCUT2D eigenvalue weighted by Gasteiger charge is 2.38. The monoisotopic (exact) mass is 622 g/mol. The predicted molar refractivity (Wildman–Crippen MR) is 133 cm³/mol. The van der Waals surface area contributed by atoms with Crippen LogP contribution < -0.4 is 16.4 Å². The topological polar surface area (TPSA) is 115 Å². The molecule has 18 heteroatoms. The third kappa shape index (κ3) is 7.49. The number of alkyl halides is 8. The predicted octanol–water partition coefficient (Wildman–Crippen LogP) is 5.22. The van der Waals surface area contributed by atoms with Crippen LogP contribution in [-0.4, -0.2) is 44.0 Å². The summed E-state index contributed by atoms with van der Waals surface area (Å²) < 4.78 is 124. The second-order valence-electron chi connectivity index (χ2n) is 9.09. The van der Waals surface area contributed by atoms with Crippen LogP contribution in [-0.2, 0) is 23.6 Å². The fourth-order valence-electron chi connectivity index (χ4n) is 4.17. The van der Waals surface area contributed by atoms with E-state index in [0.29, 0.717) is 18.6 Å². The minimum Gasteiger partial charge on any atom is -0.378 e. The molecule has 3 heterocycles. The fourth-order valence-corrected chi connectivity index (χ4v) is 4.17. The van der Waals surface area contributed by atoms with E-state index in [4.69, 9.17) is 0 Å². The largest absolute Gasteiger partial charge is 0.423 e. The third-order valence-electron chi connectivity index (χ3n) is 6.16. The zero-order chi connectivity index (χ0) is 31.5. The maximum Gasteiger partial charge on any atom is 0.423 e. The number of nitrogens with zero attached hydrogens (tertiary/aromatic N) is 4. The first-order chi connectivity index (χ1) is 20.1. The summed E-state index contributed by atoms with van der Waals surface area (Å²) in [5.74, 6) is -1.33. The van der Waals surface area contributed by atoms with Crippen LogP contribution in [0.3, 0.4) is 0 Å². The molecule has 4 aromatic rings. The van der Waals surface area contributed by atoms with Gasteiger partial charge in [0.1, 0.15) is 11.4 Å². The van der Waals surface area contributed by atoms with E-state index in [1.807, 2.05) is 0 Å². The number of hydrogen-bond acceptors (Lipinski definition) is 7. The van der Waals surface area contributed by atoms with Gasteiger partial charge in [0.2, 0.25) is 0 Å². The normalized spacial score (nSPS) is 13.1. The zero-order valence-corrected chi connectivity index (χ0v) is 21.4. The Morgan fingerprint density at radius 3 is 2.33 bits per heavy atom. The minimum atomic E-state index is -5.08. The van der Waals surface area contributed by atoms with E-state index in [2.05, 4.69) is 25.1 Å². The molecule has 0 saturated carbocycles. The molecule has 0 bridgehead atoms. The molecule has 0 aliphatic rings. The van der Waals surface area contributed by atoms with Gasteiger partial charge >= 0.3 is 19.0 Å². The maximum absolute atomic E-state index is 14.9. The Kier molecular flexibility index (Phi) is 9.07. The molecule has 0 amide bonds. The van der Waals surface area contributed by atoms with Gasteiger partial charge in [0.15, 0.2) is 5.82 Å². The molecule has 0 aliphatic heterocycles. The molecule has 43 heavy (non-hydrogen) atoms. The van der Waals surface area contributed by atoms with E-state index in [9.17, 15) is 49.1 Å². The van der Waals surface area contributed by atoms with Crippen LogP contribution in [0.5, 0.6) is 0 Å². The van der Waals surface area contributed by atoms with Crippen LogP contribution in [0.2, 0.25) is 0 Å². The lowest BCUT2D eigenvalue weighted by atomic mass is 10.1. The molecule has 230 valence electrons. The van der Waals surface area contributed by atoms with Gasteiger partial charge in [-0.05, 0) is 36.4 Å². The summed E-state index contributed by atoms with van der Waals surface area (Å²) in [5, 5.41) is 7.42. The molecule has 0 radical (unpaired) electrons. The number of halogens is 9. The summed E-state index contributed by atoms with van der Waals surface area (Å²) >= 11 is 0. The number of ether oxygens (including phenoxy) is 1. The second-order valence-corrected chi connectivity index (χ2v) is 9.09. The van der Waals surface area contributed by atoms with Crippen molar-refractivity contribution in [3.63, 3.8) is 0 Å². The molecule has 9 nitrogen and oxygen atoms in total. The van der Waals surface area contributed by atoms with Gasteiger partial charge in [-0.2, -0.15) is 40.2 Å². The second kappa shape index (κ2) is 12.4. The molecule has 1 atom stereocenters. The highest BCUT2D eigenvalue weighted by atomic mass is 19.4. The molecule has 0 saturated heterocycles. The number of pyridine rings is 1. The van der Waals surface area contributed by atoms with Crippen molar-refractivity contribution >= 4 is 16.5 Å². The SMILES string of the molecule is O=c1[nH]ncc(N[C@H](CCCn2ccc3cc(-c4ncc(C(F)(F)F)cn4)c(F)cc3c2=O)COC(F)F)c1C(F)(F)F. The summed E-state index contributed by atoms with van der Waals surface area (Å²) in [6, 6.07) is 2.30. The number of H-pyrrole nitrogens is 1. The lowest BCUT2D eigenvalue weighted by Gasteiger charge is -2.22. The summed E-state index contributed by atoms with van der Waals surface area (Å²) in [7, 11) is 0. The number of hydrogen-bond donors (Lipinski definition) is 2. The van der Waals surface area contributed by atoms with E-state index in [0.717, 1.165) is 10.6 Å². The van der Waals surface area contributed by atoms with Crippen molar-refractivity contribution in [2.75, 3.05) is 11.9 Å². The quantitative estimate of drug-likeness (QED) is 0.233. The number of benzene rings is 1. The van der Waals surface area contributed by atoms with Crippen LogP contribution in [0.15, 0.2) is 52.6 Å². The fraction of sp³-hybridized carbons (Fsp3) is 0.320. The summed E-state index contributed by atoms with van der Waals surface area (Å²) in [6.07, 6.45) is -6.87. The number of nitrogens with one attached hydrogen (secondary N) is 2. The van der Waals surface area contributed by atoms with Crippen molar-refractivity contribution < 1.29 is 44.3 Å². The van der Waals surface area contributed by atoms with E-state index in [1.54, 1.807) is 5.10 Å². The Balaban J connectivity index is 1.52. The maximum atomic E-state index is 14.9. The van der Waals surface area contributed by atoms with Crippen LogP contribution in [0.4, 0.5) is 45.2 Å². The highest BCUT2D eigenvalue weighted by Crippen LogP contribution is 2.32. The van der Waals surface area contributed by atoms with Gasteiger partial charge in [-0.15, -0.1) is 0 Å². The molecule has 0 fully saturated rings. The number of anilines is 1. The molecule has 2 N–H and O–H groups in total. The smallest absolute Gasteiger partial charge is 0.378 e. The molecule has 0 aliphatic carbocycles. The van der Waals surface area contributed by atoms with Gasteiger partial charge in [0, 0.05) is 31.2 Å². The minimum absolute atomic E-state index is 0.0353. The van der Waals surface area contributed by atoms with Crippen LogP contribution in [0.1, 0.15) is 24.0 Å². The Bertz CT molecular complexity index is 1700. The Hall–Kier alpha value is -4.48. The molecule has 3 aromatic heterocycles. The average Bonchev–Trinajstić information content (AvgIpc) is 2.91. The number of aryl methyl sites for hydroxylation is 1. The van der Waals surface area contributed by atoms with Crippen molar-refractivity contribution in [3.8, 4) is 11.4 Å². The van der Waals surface area contributed by atoms with Crippen molar-refractivity contribution in [3.05, 3.63) is 80.6 Å². The first-order valence-electron chi connectivity index (χ1n) is 12.2. The lowest BCUT2D eigenvalue weighted by molar-refractivity contribution is -0.139. The Morgan fingerprint density at radius 1 is 1.00 bits per heavy atom. The van der Waals surface area contributed by atoms with Crippen molar-refractivity contribution in [1.29, 1.82) is 0 Å². The van der Waals surface area contributed by atoms with Gasteiger partial charge in [-0.1, -0.05) is 0 Å². The van der Waals surface area contributed by atoms with Gasteiger partial charge < -0.3 is 14.6 Å². The standard InChI is InChI=1S/C25H19F9N6O3/c26-17-7-15-12(6-16(17)20-35-8-13(9-36-20)24(29,30)31)3-5-40(22(15)42)4-1-2-14(11-43-23(27)28)38-18-10-37-39-21(41)19(18)25(32,33)34/h3,5-10,14,23H,1-2,4,11H2,(H2,38,39,41)/t14-/m1/s1. The average molecular weight is 622 g/mol. The third-order valence-corrected chi connectivity index (χ3v) is 6.16. The first-order valence-corrected chi connectivity index (χ1v) is 12.2. The summed E-state index contributed by atoms with van der Waals surface area (Å²) in [6.45, 7) is -4.07. The molecule has 1 aromatic carbocycles. The zero-order valence-electron chi connectivity index (χ0n) is 21.4. The molecule has 0 spiro atoms. The number of aromatic nitrogens is 5. The lowest BCUT2D eigenvalue weighted by Crippen LogP contribution is -2.32. The number of fused-ring (bicyclic) bond motifs is 1. The summed E-state index contributed by atoms with van der Waals surface area (Å²) in [5.41, 5.74) is -5.98. The number of aromatic amines is 1.